The van der Waals surface area contributed by atoms with Gasteiger partial charge in [-0.15, -0.1) is 11.3 Å². The van der Waals surface area contributed by atoms with Crippen LogP contribution < -0.4 is 5.73 Å². The Hall–Kier alpha value is -0.520. The molecule has 0 bridgehead atoms. The van der Waals surface area contributed by atoms with Crippen LogP contribution in [0.4, 0.5) is 0 Å². The molecule has 1 rings (SSSR count). The van der Waals surface area contributed by atoms with Crippen LogP contribution in [0.25, 0.3) is 0 Å². The van der Waals surface area contributed by atoms with Crippen molar-refractivity contribution in [3.8, 4) is 0 Å². The third kappa shape index (κ3) is 5.81. The number of thiazole rings is 1. The van der Waals surface area contributed by atoms with Gasteiger partial charge in [-0.05, 0) is 32.9 Å². The second-order valence-electron chi connectivity index (χ2n) is 3.64. The van der Waals surface area contributed by atoms with E-state index < -0.39 is 0 Å². The van der Waals surface area contributed by atoms with Gasteiger partial charge >= 0.3 is 0 Å². The molecule has 0 amide bonds. The quantitative estimate of drug-likeness (QED) is 0.588. The summed E-state index contributed by atoms with van der Waals surface area (Å²) < 4.78 is 0. The minimum atomic E-state index is 0.622. The molecule has 1 aromatic rings. The molecule has 0 fully saturated rings. The fourth-order valence-electron chi connectivity index (χ4n) is 1.35. The maximum atomic E-state index is 5.43. The zero-order chi connectivity index (χ0) is 11.1. The Morgan fingerprint density at radius 1 is 1.60 bits per heavy atom. The number of nitrogens with zero attached hydrogens (tertiary/aromatic N) is 2. The molecule has 2 N–H and O–H groups in total. The maximum Gasteiger partial charge on any atom is 0.0795 e. The number of thiocarbonyl (C=S) groups is 1. The monoisotopic (exact) mass is 243 g/mol. The van der Waals surface area contributed by atoms with E-state index in [1.807, 2.05) is 5.51 Å². The minimum absolute atomic E-state index is 0.622. The van der Waals surface area contributed by atoms with Gasteiger partial charge in [0.25, 0.3) is 0 Å². The van der Waals surface area contributed by atoms with Gasteiger partial charge in [0, 0.05) is 11.9 Å². The van der Waals surface area contributed by atoms with E-state index in [2.05, 4.69) is 22.3 Å². The van der Waals surface area contributed by atoms with E-state index in [-0.39, 0.29) is 0 Å². The van der Waals surface area contributed by atoms with Gasteiger partial charge in [-0.3, -0.25) is 0 Å². The van der Waals surface area contributed by atoms with Crippen molar-refractivity contribution in [3.05, 3.63) is 16.6 Å². The number of aromatic nitrogens is 1. The van der Waals surface area contributed by atoms with Crippen LogP contribution >= 0.6 is 23.6 Å². The maximum absolute atomic E-state index is 5.43. The normalized spacial score (nSPS) is 10.8. The van der Waals surface area contributed by atoms with Crippen LogP contribution in [0.2, 0.25) is 0 Å². The Kier molecular flexibility index (Phi) is 5.75. The molecule has 15 heavy (non-hydrogen) atoms. The highest BCUT2D eigenvalue weighted by molar-refractivity contribution is 7.80. The lowest BCUT2D eigenvalue weighted by atomic mass is 10.2. The average molecular weight is 243 g/mol. The van der Waals surface area contributed by atoms with E-state index in [1.165, 1.54) is 0 Å². The van der Waals surface area contributed by atoms with E-state index in [1.54, 1.807) is 11.3 Å². The second-order valence-corrected chi connectivity index (χ2v) is 4.88. The molecule has 0 unspecified atom stereocenters. The third-order valence-electron chi connectivity index (χ3n) is 2.13. The van der Waals surface area contributed by atoms with Crippen molar-refractivity contribution in [2.24, 2.45) is 5.73 Å². The van der Waals surface area contributed by atoms with Crippen LogP contribution in [0.1, 0.15) is 25.0 Å². The fourth-order valence-corrected chi connectivity index (χ4v) is 2.05. The molecule has 1 heterocycles. The lowest BCUT2D eigenvalue weighted by molar-refractivity contribution is 0.316. The summed E-state index contributed by atoms with van der Waals surface area (Å²) in [7, 11) is 2.11. The van der Waals surface area contributed by atoms with Gasteiger partial charge in [0.15, 0.2) is 0 Å². The first-order valence-corrected chi connectivity index (χ1v) is 6.37. The summed E-state index contributed by atoms with van der Waals surface area (Å²) in [6.45, 7) is 2.00. The molecule has 0 aliphatic heterocycles. The molecule has 3 nitrogen and oxygen atoms in total. The average Bonchev–Trinajstić information content (AvgIpc) is 2.64. The van der Waals surface area contributed by atoms with E-state index >= 15 is 0 Å². The van der Waals surface area contributed by atoms with Crippen LogP contribution in [0.15, 0.2) is 10.9 Å². The van der Waals surface area contributed by atoms with Crippen LogP contribution in [0.5, 0.6) is 0 Å². The standard InChI is InChI=1S/C10H17N3S2/c1-13(5-3-2-4-10(11)14)6-9-7-15-8-12-9/h7-8H,2-6H2,1H3,(H2,11,14). The molecular formula is C10H17N3S2. The number of hydrogen-bond acceptors (Lipinski definition) is 4. The first kappa shape index (κ1) is 12.5. The van der Waals surface area contributed by atoms with Gasteiger partial charge in [-0.25, -0.2) is 4.98 Å². The Morgan fingerprint density at radius 2 is 2.40 bits per heavy atom. The lowest BCUT2D eigenvalue weighted by Gasteiger charge is -2.14. The Bertz CT molecular complexity index is 285. The first-order chi connectivity index (χ1) is 7.18. The summed E-state index contributed by atoms with van der Waals surface area (Å²) in [5.74, 6) is 0. The van der Waals surface area contributed by atoms with Gasteiger partial charge in [0.2, 0.25) is 0 Å². The molecule has 84 valence electrons. The Morgan fingerprint density at radius 3 is 3.00 bits per heavy atom. The molecule has 0 aromatic carbocycles. The van der Waals surface area contributed by atoms with Crippen molar-refractivity contribution in [2.45, 2.75) is 25.8 Å². The van der Waals surface area contributed by atoms with E-state index in [0.717, 1.165) is 38.0 Å². The molecule has 0 saturated carbocycles. The minimum Gasteiger partial charge on any atom is -0.393 e. The summed E-state index contributed by atoms with van der Waals surface area (Å²) in [6.07, 6.45) is 3.08. The SMILES string of the molecule is CN(CCCCC(N)=S)Cc1cscn1. The molecule has 0 radical (unpaired) electrons. The van der Waals surface area contributed by atoms with Gasteiger partial charge < -0.3 is 10.6 Å². The molecular weight excluding hydrogens is 226 g/mol. The van der Waals surface area contributed by atoms with Crippen LogP contribution in [-0.2, 0) is 6.54 Å². The predicted molar refractivity (Wildman–Crippen MR) is 69.1 cm³/mol. The van der Waals surface area contributed by atoms with E-state index in [0.29, 0.717) is 4.99 Å². The first-order valence-electron chi connectivity index (χ1n) is 5.02. The van der Waals surface area contributed by atoms with Gasteiger partial charge in [0.1, 0.15) is 0 Å². The molecule has 0 saturated heterocycles. The predicted octanol–water partition coefficient (Wildman–Crippen LogP) is 2.03. The zero-order valence-electron chi connectivity index (χ0n) is 8.98. The molecule has 0 atom stereocenters. The summed E-state index contributed by atoms with van der Waals surface area (Å²) in [4.78, 5) is 7.14. The van der Waals surface area contributed by atoms with Crippen LogP contribution in [0, 0.1) is 0 Å². The molecule has 1 aromatic heterocycles. The fraction of sp³-hybridized carbons (Fsp3) is 0.600. The highest BCUT2D eigenvalue weighted by atomic mass is 32.1. The van der Waals surface area contributed by atoms with Crippen molar-refractivity contribution in [2.75, 3.05) is 13.6 Å². The van der Waals surface area contributed by atoms with Gasteiger partial charge in [-0.1, -0.05) is 12.2 Å². The summed E-state index contributed by atoms with van der Waals surface area (Å²) >= 11 is 6.47. The molecule has 0 aliphatic carbocycles. The van der Waals surface area contributed by atoms with E-state index in [4.69, 9.17) is 18.0 Å². The summed E-state index contributed by atoms with van der Waals surface area (Å²) in [6, 6.07) is 0. The molecule has 0 aliphatic rings. The largest absolute Gasteiger partial charge is 0.393 e. The van der Waals surface area contributed by atoms with Crippen LogP contribution in [0.3, 0.4) is 0 Å². The zero-order valence-corrected chi connectivity index (χ0v) is 10.6. The topological polar surface area (TPSA) is 42.1 Å². The third-order valence-corrected chi connectivity index (χ3v) is 2.97. The van der Waals surface area contributed by atoms with Gasteiger partial charge in [0.05, 0.1) is 16.2 Å². The Labute approximate surface area is 100 Å². The van der Waals surface area contributed by atoms with Crippen molar-refractivity contribution >= 4 is 28.5 Å². The second kappa shape index (κ2) is 6.87. The molecule has 5 heteroatoms. The smallest absolute Gasteiger partial charge is 0.0795 e. The van der Waals surface area contributed by atoms with Crippen molar-refractivity contribution < 1.29 is 0 Å². The van der Waals surface area contributed by atoms with Crippen LogP contribution in [-0.4, -0.2) is 28.5 Å². The van der Waals surface area contributed by atoms with Crippen molar-refractivity contribution in [1.82, 2.24) is 9.88 Å². The number of unbranched alkanes of at least 4 members (excludes halogenated alkanes) is 1. The van der Waals surface area contributed by atoms with E-state index in [9.17, 15) is 0 Å². The number of hydrogen-bond donors (Lipinski definition) is 1. The number of nitrogens with two attached hydrogens (primary N) is 1. The summed E-state index contributed by atoms with van der Waals surface area (Å²) in [5.41, 5.74) is 8.45. The highest BCUT2D eigenvalue weighted by Crippen LogP contribution is 2.05. The lowest BCUT2D eigenvalue weighted by Crippen LogP contribution is -2.19. The Balaban J connectivity index is 2.08. The van der Waals surface area contributed by atoms with Crippen molar-refractivity contribution in [3.63, 3.8) is 0 Å². The number of rotatable bonds is 7. The van der Waals surface area contributed by atoms with Gasteiger partial charge in [-0.2, -0.15) is 0 Å². The van der Waals surface area contributed by atoms with Crippen molar-refractivity contribution in [1.29, 1.82) is 0 Å². The highest BCUT2D eigenvalue weighted by Gasteiger charge is 2.01. The summed E-state index contributed by atoms with van der Waals surface area (Å²) in [5, 5.41) is 2.09. The molecule has 0 spiro atoms.